The van der Waals surface area contributed by atoms with Gasteiger partial charge in [0.25, 0.3) is 0 Å². The van der Waals surface area contributed by atoms with Gasteiger partial charge in [0.15, 0.2) is 11.5 Å². The number of allylic oxidation sites excluding steroid dienone is 1. The maximum atomic E-state index is 12.3. The summed E-state index contributed by atoms with van der Waals surface area (Å²) in [6.45, 7) is 0.710. The van der Waals surface area contributed by atoms with E-state index in [1.54, 1.807) is 0 Å². The normalized spacial score (nSPS) is 44.9. The smallest absolute Gasteiger partial charge is 0.197 e. The molecular weight excluding hydrogens is 224 g/mol. The van der Waals surface area contributed by atoms with Crippen LogP contribution in [0.4, 0.5) is 0 Å². The number of hydrogen-bond donors (Lipinski definition) is 0. The van der Waals surface area contributed by atoms with Crippen LogP contribution in [0, 0.1) is 23.2 Å². The largest absolute Gasteiger partial charge is 0.490 e. The van der Waals surface area contributed by atoms with Crippen LogP contribution in [0.5, 0.6) is 0 Å². The van der Waals surface area contributed by atoms with Gasteiger partial charge in [-0.15, -0.1) is 0 Å². The van der Waals surface area contributed by atoms with Gasteiger partial charge in [0.2, 0.25) is 0 Å². The minimum Gasteiger partial charge on any atom is -0.490 e. The molecule has 0 spiro atoms. The van der Waals surface area contributed by atoms with Crippen LogP contribution in [0.3, 0.4) is 0 Å². The Morgan fingerprint density at radius 1 is 1.17 bits per heavy atom. The fourth-order valence-corrected chi connectivity index (χ4v) is 5.55. The van der Waals surface area contributed by atoms with Gasteiger partial charge in [-0.1, -0.05) is 0 Å². The predicted molar refractivity (Wildman–Crippen MR) is 68.9 cm³/mol. The molecule has 1 heterocycles. The summed E-state index contributed by atoms with van der Waals surface area (Å²) in [5, 5.41) is 0. The molecule has 0 aromatic rings. The number of carbonyl (C=O) groups is 1. The van der Waals surface area contributed by atoms with E-state index in [9.17, 15) is 4.79 Å². The zero-order valence-corrected chi connectivity index (χ0v) is 11.0. The van der Waals surface area contributed by atoms with Crippen molar-refractivity contribution >= 4 is 5.78 Å². The number of rotatable bonds is 3. The van der Waals surface area contributed by atoms with Crippen molar-refractivity contribution in [3.05, 3.63) is 11.8 Å². The topological polar surface area (TPSA) is 26.3 Å². The molecule has 0 amide bonds. The Morgan fingerprint density at radius 2 is 1.78 bits per heavy atom. The highest BCUT2D eigenvalue weighted by atomic mass is 16.5. The van der Waals surface area contributed by atoms with Crippen molar-refractivity contribution in [2.24, 2.45) is 23.2 Å². The molecule has 0 radical (unpaired) electrons. The second-order valence-corrected chi connectivity index (χ2v) is 7.22. The van der Waals surface area contributed by atoms with Crippen LogP contribution in [-0.4, -0.2) is 12.4 Å². The maximum Gasteiger partial charge on any atom is 0.197 e. The Balaban J connectivity index is 1.52. The standard InChI is InChI=1S/C16H22O2/c17-14(15-2-1-3-18-15)10-16-7-11-4-12(8-16)6-13(5-11)9-16/h2,11-13H,1,3-10H2. The van der Waals surface area contributed by atoms with Crippen LogP contribution in [0.2, 0.25) is 0 Å². The van der Waals surface area contributed by atoms with Gasteiger partial charge >= 0.3 is 0 Å². The molecule has 2 heteroatoms. The average molecular weight is 246 g/mol. The number of carbonyl (C=O) groups excluding carboxylic acids is 1. The molecule has 18 heavy (non-hydrogen) atoms. The Bertz CT molecular complexity index is 372. The lowest BCUT2D eigenvalue weighted by molar-refractivity contribution is -0.126. The molecular formula is C16H22O2. The maximum absolute atomic E-state index is 12.3. The van der Waals surface area contributed by atoms with Crippen molar-refractivity contribution in [2.75, 3.05) is 6.61 Å². The zero-order valence-electron chi connectivity index (χ0n) is 11.0. The lowest BCUT2D eigenvalue weighted by Crippen LogP contribution is -2.47. The van der Waals surface area contributed by atoms with Crippen LogP contribution in [0.15, 0.2) is 11.8 Å². The first-order valence-electron chi connectivity index (χ1n) is 7.59. The number of hydrogen-bond acceptors (Lipinski definition) is 2. The number of ether oxygens (including phenoxy) is 1. The first-order chi connectivity index (χ1) is 8.72. The minimum atomic E-state index is 0.287. The molecule has 0 atom stereocenters. The van der Waals surface area contributed by atoms with Gasteiger partial charge in [-0.2, -0.15) is 0 Å². The highest BCUT2D eigenvalue weighted by Gasteiger charge is 2.51. The average Bonchev–Trinajstić information content (AvgIpc) is 2.79. The van der Waals surface area contributed by atoms with E-state index in [-0.39, 0.29) is 5.78 Å². The Kier molecular flexibility index (Phi) is 2.37. The van der Waals surface area contributed by atoms with Crippen molar-refractivity contribution in [1.82, 2.24) is 0 Å². The highest BCUT2D eigenvalue weighted by molar-refractivity contribution is 5.94. The quantitative estimate of drug-likeness (QED) is 0.762. The molecule has 0 N–H and O–H groups in total. The Labute approximate surface area is 109 Å². The van der Waals surface area contributed by atoms with Crippen molar-refractivity contribution in [2.45, 2.75) is 51.4 Å². The molecule has 4 bridgehead atoms. The van der Waals surface area contributed by atoms with E-state index in [1.165, 1.54) is 38.5 Å². The van der Waals surface area contributed by atoms with E-state index in [4.69, 9.17) is 4.74 Å². The van der Waals surface area contributed by atoms with Gasteiger partial charge in [0, 0.05) is 12.8 Å². The van der Waals surface area contributed by atoms with Crippen LogP contribution in [0.1, 0.15) is 51.4 Å². The van der Waals surface area contributed by atoms with Crippen molar-refractivity contribution in [1.29, 1.82) is 0 Å². The molecule has 0 aromatic heterocycles. The summed E-state index contributed by atoms with van der Waals surface area (Å²) in [7, 11) is 0. The lowest BCUT2D eigenvalue weighted by atomic mass is 9.48. The van der Waals surface area contributed by atoms with E-state index >= 15 is 0 Å². The first-order valence-corrected chi connectivity index (χ1v) is 7.59. The van der Waals surface area contributed by atoms with E-state index in [1.807, 2.05) is 6.08 Å². The monoisotopic (exact) mass is 246 g/mol. The third kappa shape index (κ3) is 1.72. The molecule has 2 nitrogen and oxygen atoms in total. The fourth-order valence-electron chi connectivity index (χ4n) is 5.55. The van der Waals surface area contributed by atoms with Crippen molar-refractivity contribution in [3.8, 4) is 0 Å². The number of Topliss-reactive ketones (excluding diaryl/α,β-unsaturated/α-hetero) is 1. The molecule has 0 aromatic carbocycles. The molecule has 5 aliphatic rings. The van der Waals surface area contributed by atoms with E-state index in [0.29, 0.717) is 17.8 Å². The van der Waals surface area contributed by atoms with Gasteiger partial charge in [0.1, 0.15) is 0 Å². The summed E-state index contributed by atoms with van der Waals surface area (Å²) in [6.07, 6.45) is 12.0. The zero-order chi connectivity index (χ0) is 12.2. The lowest BCUT2D eigenvalue weighted by Gasteiger charge is -2.56. The van der Waals surface area contributed by atoms with E-state index in [2.05, 4.69) is 0 Å². The van der Waals surface area contributed by atoms with Crippen molar-refractivity contribution < 1.29 is 9.53 Å². The third-order valence-electron chi connectivity index (χ3n) is 5.68. The Morgan fingerprint density at radius 3 is 2.28 bits per heavy atom. The van der Waals surface area contributed by atoms with E-state index < -0.39 is 0 Å². The summed E-state index contributed by atoms with van der Waals surface area (Å²) >= 11 is 0. The summed E-state index contributed by atoms with van der Waals surface area (Å²) in [4.78, 5) is 12.3. The van der Waals surface area contributed by atoms with Crippen LogP contribution in [0.25, 0.3) is 0 Å². The fraction of sp³-hybridized carbons (Fsp3) is 0.812. The molecule has 4 fully saturated rings. The third-order valence-corrected chi connectivity index (χ3v) is 5.68. The summed E-state index contributed by atoms with van der Waals surface area (Å²) < 4.78 is 5.44. The highest BCUT2D eigenvalue weighted by Crippen LogP contribution is 2.61. The second-order valence-electron chi connectivity index (χ2n) is 7.22. The summed E-state index contributed by atoms with van der Waals surface area (Å²) in [5.41, 5.74) is 0.360. The molecule has 0 unspecified atom stereocenters. The Hall–Kier alpha value is -0.790. The molecule has 4 aliphatic carbocycles. The predicted octanol–water partition coefficient (Wildman–Crippen LogP) is 3.47. The molecule has 5 rings (SSSR count). The minimum absolute atomic E-state index is 0.287. The molecule has 4 saturated carbocycles. The van der Waals surface area contributed by atoms with Crippen LogP contribution >= 0.6 is 0 Å². The summed E-state index contributed by atoms with van der Waals surface area (Å²) in [6, 6.07) is 0. The molecule has 1 aliphatic heterocycles. The second kappa shape index (κ2) is 3.85. The van der Waals surface area contributed by atoms with Gasteiger partial charge in [-0.3, -0.25) is 4.79 Å². The van der Waals surface area contributed by atoms with Crippen molar-refractivity contribution in [3.63, 3.8) is 0 Å². The van der Waals surface area contributed by atoms with Gasteiger partial charge in [-0.05, 0) is 67.8 Å². The van der Waals surface area contributed by atoms with E-state index in [0.717, 1.165) is 30.6 Å². The van der Waals surface area contributed by atoms with Gasteiger partial charge in [0.05, 0.1) is 6.61 Å². The van der Waals surface area contributed by atoms with Crippen LogP contribution in [-0.2, 0) is 9.53 Å². The SMILES string of the molecule is O=C(CC12CC3CC(CC(C3)C1)C2)C1=CCCO1. The number of ketones is 1. The van der Waals surface area contributed by atoms with Gasteiger partial charge < -0.3 is 4.74 Å². The molecule has 98 valence electrons. The summed E-state index contributed by atoms with van der Waals surface area (Å²) in [5.74, 6) is 3.76. The van der Waals surface area contributed by atoms with Gasteiger partial charge in [-0.25, -0.2) is 0 Å². The molecule has 0 saturated heterocycles. The first kappa shape index (κ1) is 11.1. The van der Waals surface area contributed by atoms with Crippen LogP contribution < -0.4 is 0 Å².